The maximum absolute atomic E-state index is 5.67. The van der Waals surface area contributed by atoms with Gasteiger partial charge in [-0.3, -0.25) is 0 Å². The number of ether oxygens (including phenoxy) is 1. The fourth-order valence-electron chi connectivity index (χ4n) is 0.806. The summed E-state index contributed by atoms with van der Waals surface area (Å²) in [6.45, 7) is 13.1. The van der Waals surface area contributed by atoms with Crippen molar-refractivity contribution in [1.82, 2.24) is 0 Å². The first-order valence-corrected chi connectivity index (χ1v) is 5.22. The van der Waals surface area contributed by atoms with Gasteiger partial charge in [0, 0.05) is 12.0 Å². The first kappa shape index (κ1) is 14.0. The third-order valence-corrected chi connectivity index (χ3v) is 2.27. The molecule has 0 bridgehead atoms. The Morgan fingerprint density at radius 1 is 1.40 bits per heavy atom. The van der Waals surface area contributed by atoms with Crippen LogP contribution < -0.4 is 5.73 Å². The van der Waals surface area contributed by atoms with Crippen LogP contribution in [0.3, 0.4) is 0 Å². The third-order valence-electron chi connectivity index (χ3n) is 2.27. The van der Waals surface area contributed by atoms with Crippen LogP contribution in [0.15, 0.2) is 36.1 Å². The second kappa shape index (κ2) is 6.46. The first-order chi connectivity index (χ1) is 6.93. The van der Waals surface area contributed by atoms with E-state index < -0.39 is 0 Å². The van der Waals surface area contributed by atoms with Crippen molar-refractivity contribution in [1.29, 1.82) is 0 Å². The summed E-state index contributed by atoms with van der Waals surface area (Å²) >= 11 is 0. The molecule has 0 heterocycles. The molecule has 2 N–H and O–H groups in total. The maximum Gasteiger partial charge on any atom is 0.0958 e. The zero-order valence-electron chi connectivity index (χ0n) is 10.3. The van der Waals surface area contributed by atoms with Crippen LogP contribution in [0.1, 0.15) is 27.7 Å². The van der Waals surface area contributed by atoms with Gasteiger partial charge in [0.25, 0.3) is 0 Å². The third kappa shape index (κ3) is 6.13. The van der Waals surface area contributed by atoms with E-state index in [-0.39, 0.29) is 5.41 Å². The molecular weight excluding hydrogens is 186 g/mol. The quantitative estimate of drug-likeness (QED) is 0.539. The molecule has 86 valence electrons. The molecule has 0 aliphatic rings. The largest absolute Gasteiger partial charge is 0.497 e. The van der Waals surface area contributed by atoms with Gasteiger partial charge in [-0.15, -0.1) is 0 Å². The van der Waals surface area contributed by atoms with Crippen LogP contribution in [0.25, 0.3) is 0 Å². The van der Waals surface area contributed by atoms with Crippen LogP contribution in [0, 0.1) is 5.41 Å². The molecule has 2 nitrogen and oxygen atoms in total. The van der Waals surface area contributed by atoms with Crippen molar-refractivity contribution in [3.05, 3.63) is 36.1 Å². The van der Waals surface area contributed by atoms with Crippen LogP contribution >= 0.6 is 0 Å². The van der Waals surface area contributed by atoms with E-state index in [1.54, 1.807) is 6.08 Å². The molecule has 0 aromatic carbocycles. The number of rotatable bonds is 6. The SMILES string of the molecule is C=C/C=C\C(C)=C(/C)OCC(C)(C)CN. The van der Waals surface area contributed by atoms with Crippen LogP contribution in [-0.2, 0) is 4.74 Å². The molecule has 0 saturated carbocycles. The zero-order valence-corrected chi connectivity index (χ0v) is 10.3. The molecule has 15 heavy (non-hydrogen) atoms. The minimum absolute atomic E-state index is 0.0314. The van der Waals surface area contributed by atoms with Crippen molar-refractivity contribution in [2.75, 3.05) is 13.2 Å². The van der Waals surface area contributed by atoms with Gasteiger partial charge < -0.3 is 10.5 Å². The standard InChI is InChI=1S/C13H23NO/c1-6-7-8-11(2)12(3)15-10-13(4,5)9-14/h6-8H,1,9-10,14H2,2-5H3/b8-7-,12-11+. The smallest absolute Gasteiger partial charge is 0.0958 e. The highest BCUT2D eigenvalue weighted by molar-refractivity contribution is 5.21. The molecule has 0 fully saturated rings. The van der Waals surface area contributed by atoms with E-state index in [1.807, 2.05) is 26.0 Å². The minimum Gasteiger partial charge on any atom is -0.497 e. The molecule has 0 rings (SSSR count). The Bertz CT molecular complexity index is 262. The number of allylic oxidation sites excluding steroid dienone is 5. The van der Waals surface area contributed by atoms with Gasteiger partial charge in [-0.05, 0) is 19.4 Å². The fourth-order valence-corrected chi connectivity index (χ4v) is 0.806. The van der Waals surface area contributed by atoms with E-state index in [2.05, 4.69) is 20.4 Å². The maximum atomic E-state index is 5.67. The summed E-state index contributed by atoms with van der Waals surface area (Å²) in [5, 5.41) is 0. The van der Waals surface area contributed by atoms with Crippen molar-refractivity contribution in [3.8, 4) is 0 Å². The summed E-state index contributed by atoms with van der Waals surface area (Å²) in [6.07, 6.45) is 5.63. The molecule has 0 aliphatic carbocycles. The highest BCUT2D eigenvalue weighted by Crippen LogP contribution is 2.16. The average Bonchev–Trinajstić information content (AvgIpc) is 2.22. The normalized spacial score (nSPS) is 13.9. The average molecular weight is 209 g/mol. The molecule has 0 atom stereocenters. The molecule has 2 heteroatoms. The van der Waals surface area contributed by atoms with E-state index in [9.17, 15) is 0 Å². The molecule has 0 spiro atoms. The molecule has 0 radical (unpaired) electrons. The Morgan fingerprint density at radius 2 is 2.00 bits per heavy atom. The summed E-state index contributed by atoms with van der Waals surface area (Å²) in [4.78, 5) is 0. The Balaban J connectivity index is 4.29. The number of hydrogen-bond acceptors (Lipinski definition) is 2. The summed E-state index contributed by atoms with van der Waals surface area (Å²) in [5.41, 5.74) is 6.77. The predicted octanol–water partition coefficient (Wildman–Crippen LogP) is 3.02. The molecule has 0 saturated heterocycles. The predicted molar refractivity (Wildman–Crippen MR) is 66.5 cm³/mol. The minimum atomic E-state index is 0.0314. The monoisotopic (exact) mass is 209 g/mol. The second-order valence-electron chi connectivity index (χ2n) is 4.49. The van der Waals surface area contributed by atoms with E-state index in [1.165, 1.54) is 0 Å². The Kier molecular flexibility index (Phi) is 6.02. The van der Waals surface area contributed by atoms with Gasteiger partial charge >= 0.3 is 0 Å². The van der Waals surface area contributed by atoms with Crippen molar-refractivity contribution in [3.63, 3.8) is 0 Å². The van der Waals surface area contributed by atoms with Crippen LogP contribution in [0.2, 0.25) is 0 Å². The highest BCUT2D eigenvalue weighted by atomic mass is 16.5. The van der Waals surface area contributed by atoms with Gasteiger partial charge in [-0.2, -0.15) is 0 Å². The molecular formula is C13H23NO. The number of hydrogen-bond donors (Lipinski definition) is 1. The van der Waals surface area contributed by atoms with Gasteiger partial charge in [-0.25, -0.2) is 0 Å². The van der Waals surface area contributed by atoms with Crippen molar-refractivity contribution in [2.24, 2.45) is 11.1 Å². The Labute approximate surface area is 93.5 Å². The van der Waals surface area contributed by atoms with E-state index >= 15 is 0 Å². The Hall–Kier alpha value is -1.02. The number of nitrogens with two attached hydrogens (primary N) is 1. The van der Waals surface area contributed by atoms with Crippen molar-refractivity contribution in [2.45, 2.75) is 27.7 Å². The van der Waals surface area contributed by atoms with Crippen molar-refractivity contribution < 1.29 is 4.74 Å². The van der Waals surface area contributed by atoms with Gasteiger partial charge in [0.2, 0.25) is 0 Å². The van der Waals surface area contributed by atoms with Crippen LogP contribution in [0.4, 0.5) is 0 Å². The second-order valence-corrected chi connectivity index (χ2v) is 4.49. The van der Waals surface area contributed by atoms with Crippen LogP contribution in [0.5, 0.6) is 0 Å². The van der Waals surface area contributed by atoms with Gasteiger partial charge in [0.05, 0.1) is 12.4 Å². The molecule has 0 amide bonds. The molecule has 0 aliphatic heterocycles. The Morgan fingerprint density at radius 3 is 2.47 bits per heavy atom. The lowest BCUT2D eigenvalue weighted by atomic mass is 9.95. The van der Waals surface area contributed by atoms with Gasteiger partial charge in [-0.1, -0.05) is 38.7 Å². The van der Waals surface area contributed by atoms with E-state index in [0.717, 1.165) is 11.3 Å². The summed E-state index contributed by atoms with van der Waals surface area (Å²) in [6, 6.07) is 0. The van der Waals surface area contributed by atoms with Gasteiger partial charge in [0.15, 0.2) is 0 Å². The topological polar surface area (TPSA) is 35.2 Å². The fraction of sp³-hybridized carbons (Fsp3) is 0.538. The lowest BCUT2D eigenvalue weighted by Gasteiger charge is -2.23. The summed E-state index contributed by atoms with van der Waals surface area (Å²) in [5.74, 6) is 0.939. The first-order valence-electron chi connectivity index (χ1n) is 5.22. The molecule has 0 unspecified atom stereocenters. The summed E-state index contributed by atoms with van der Waals surface area (Å²) in [7, 11) is 0. The van der Waals surface area contributed by atoms with Crippen molar-refractivity contribution >= 4 is 0 Å². The van der Waals surface area contributed by atoms with Gasteiger partial charge in [0.1, 0.15) is 0 Å². The highest BCUT2D eigenvalue weighted by Gasteiger charge is 2.16. The molecule has 0 aromatic rings. The summed E-state index contributed by atoms with van der Waals surface area (Å²) < 4.78 is 5.67. The van der Waals surface area contributed by atoms with E-state index in [0.29, 0.717) is 13.2 Å². The lowest BCUT2D eigenvalue weighted by molar-refractivity contribution is 0.120. The zero-order chi connectivity index (χ0) is 11.9. The molecule has 0 aromatic heterocycles. The van der Waals surface area contributed by atoms with E-state index in [4.69, 9.17) is 10.5 Å². The lowest BCUT2D eigenvalue weighted by Crippen LogP contribution is -2.28. The van der Waals surface area contributed by atoms with Crippen LogP contribution in [-0.4, -0.2) is 13.2 Å².